The van der Waals surface area contributed by atoms with Crippen LogP contribution in [0.4, 0.5) is 23.7 Å². The maximum Gasteiger partial charge on any atom is 0.418 e. The number of ether oxygens (including phenoxy) is 1. The summed E-state index contributed by atoms with van der Waals surface area (Å²) in [6, 6.07) is 10.1. The lowest BCUT2D eigenvalue weighted by atomic mass is 10.00. The van der Waals surface area contributed by atoms with Gasteiger partial charge in [0, 0.05) is 57.1 Å². The molecular weight excluding hydrogens is 687 g/mol. The fraction of sp³-hybridized carbons (Fsp3) is 0.500. The Balaban J connectivity index is 1.08. The summed E-state index contributed by atoms with van der Waals surface area (Å²) < 4.78 is 49.6. The summed E-state index contributed by atoms with van der Waals surface area (Å²) in [5.41, 5.74) is 0.792. The van der Waals surface area contributed by atoms with E-state index in [1.54, 1.807) is 15.7 Å². The van der Waals surface area contributed by atoms with Crippen LogP contribution in [0.5, 0.6) is 0 Å². The molecule has 5 heterocycles. The van der Waals surface area contributed by atoms with Crippen LogP contribution in [0.25, 0.3) is 21.9 Å². The van der Waals surface area contributed by atoms with Crippen molar-refractivity contribution in [3.8, 4) is 0 Å². The number of H-pyrrole nitrogens is 1. The fourth-order valence-electron chi connectivity index (χ4n) is 8.00. The van der Waals surface area contributed by atoms with E-state index in [9.17, 15) is 27.6 Å². The Labute approximate surface area is 297 Å². The molecule has 3 fully saturated rings. The number of aromatic amines is 1. The van der Waals surface area contributed by atoms with Crippen LogP contribution in [0.1, 0.15) is 55.7 Å². The maximum atomic E-state index is 14.0. The van der Waals surface area contributed by atoms with Crippen molar-refractivity contribution < 1.29 is 27.5 Å². The molecule has 0 radical (unpaired) electrons. The molecule has 3 aliphatic heterocycles. The molecule has 0 unspecified atom stereocenters. The van der Waals surface area contributed by atoms with E-state index in [1.165, 1.54) is 18.0 Å². The molecule has 2 N–H and O–H groups in total. The van der Waals surface area contributed by atoms with Gasteiger partial charge in [-0.15, -0.1) is 0 Å². The molecule has 0 aliphatic carbocycles. The highest BCUT2D eigenvalue weighted by Gasteiger charge is 2.38. The number of halogens is 4. The number of rotatable bonds is 7. The first-order valence-electron chi connectivity index (χ1n) is 17.6. The van der Waals surface area contributed by atoms with E-state index < -0.39 is 29.8 Å². The number of fused-ring (bicyclic) bond motifs is 3. The number of pyridine rings is 1. The predicted molar refractivity (Wildman–Crippen MR) is 188 cm³/mol. The van der Waals surface area contributed by atoms with Gasteiger partial charge in [0.05, 0.1) is 39.0 Å². The normalized spacial score (nSPS) is 18.8. The number of imidazole rings is 1. The zero-order valence-corrected chi connectivity index (χ0v) is 29.1. The number of carbonyl (C=O) groups excluding carboxylic acids is 2. The van der Waals surface area contributed by atoms with Gasteiger partial charge in [0.1, 0.15) is 0 Å². The van der Waals surface area contributed by atoms with E-state index in [-0.39, 0.29) is 47.5 Å². The molecule has 272 valence electrons. The molecule has 11 nitrogen and oxygen atoms in total. The second-order valence-corrected chi connectivity index (χ2v) is 14.1. The molecule has 2 aromatic carbocycles. The van der Waals surface area contributed by atoms with Gasteiger partial charge < -0.3 is 29.7 Å². The first-order valence-corrected chi connectivity index (χ1v) is 17.9. The van der Waals surface area contributed by atoms with Gasteiger partial charge in [-0.05, 0) is 75.4 Å². The topological polar surface area (TPSA) is 116 Å². The van der Waals surface area contributed by atoms with Crippen molar-refractivity contribution in [2.45, 2.75) is 69.3 Å². The fourth-order valence-corrected chi connectivity index (χ4v) is 8.34. The van der Waals surface area contributed by atoms with Crippen molar-refractivity contribution in [3.63, 3.8) is 0 Å². The number of carbonyl (C=O) groups is 2. The van der Waals surface area contributed by atoms with Gasteiger partial charge in [0.25, 0.3) is 5.91 Å². The van der Waals surface area contributed by atoms with Crippen molar-refractivity contribution in [1.29, 1.82) is 0 Å². The number of para-hydroxylation sites is 1. The van der Waals surface area contributed by atoms with E-state index in [4.69, 9.17) is 16.3 Å². The lowest BCUT2D eigenvalue weighted by Gasteiger charge is -2.38. The molecule has 0 spiro atoms. The number of piperidine rings is 2. The minimum atomic E-state index is -4.70. The number of hydrogen-bond acceptors (Lipinski definition) is 7. The highest BCUT2D eigenvalue weighted by Crippen LogP contribution is 2.40. The number of anilines is 1. The summed E-state index contributed by atoms with van der Waals surface area (Å²) in [6.07, 6.45) is -0.595. The third-order valence-electron chi connectivity index (χ3n) is 10.6. The number of nitrogens with one attached hydrogen (secondary N) is 2. The number of hydrogen-bond donors (Lipinski definition) is 2. The van der Waals surface area contributed by atoms with Crippen LogP contribution in [0.2, 0.25) is 5.02 Å². The van der Waals surface area contributed by atoms with Crippen LogP contribution in [0.15, 0.2) is 47.4 Å². The third kappa shape index (κ3) is 7.12. The number of likely N-dealkylation sites (tertiary alicyclic amines) is 3. The second-order valence-electron chi connectivity index (χ2n) is 13.7. The van der Waals surface area contributed by atoms with Crippen molar-refractivity contribution in [2.75, 3.05) is 51.6 Å². The molecular formula is C36H41ClF3N7O4. The summed E-state index contributed by atoms with van der Waals surface area (Å²) in [5, 5.41) is 3.20. The van der Waals surface area contributed by atoms with E-state index in [0.29, 0.717) is 43.0 Å². The molecule has 0 saturated carbocycles. The van der Waals surface area contributed by atoms with Crippen LogP contribution in [0.3, 0.4) is 0 Å². The Morgan fingerprint density at radius 2 is 1.67 bits per heavy atom. The van der Waals surface area contributed by atoms with Gasteiger partial charge in [-0.1, -0.05) is 29.8 Å². The standard InChI is InChI=1S/C36H41ClF3N7O4/c1-41-32-26(36(38,39)40)18-22(19-27(32)37)20-30(33(48)45-14-8-23(9-15-45)44-12-4-5-13-44)51-35(50)46-16-10-24(11-17-46)47-29-21-42-28-7-3-2-6-25(28)31(29)43-34(47)49/h2-3,6-7,18-19,21,23-24,30,41H,4-5,8-17,20H2,1H3,(H,43,49)/t30-/m1/s1. The molecule has 3 saturated heterocycles. The van der Waals surface area contributed by atoms with E-state index in [1.807, 2.05) is 24.3 Å². The van der Waals surface area contributed by atoms with Gasteiger partial charge in [0.15, 0.2) is 6.10 Å². The SMILES string of the molecule is CNc1c(Cl)cc(C[C@@H](OC(=O)N2CCC(n3c(=O)[nH]c4c5ccccc5ncc43)CC2)C(=O)N2CCC(N3CCCC3)CC2)cc1C(F)(F)F. The molecule has 1 atom stereocenters. The highest BCUT2D eigenvalue weighted by atomic mass is 35.5. The summed E-state index contributed by atoms with van der Waals surface area (Å²) >= 11 is 6.28. The minimum Gasteiger partial charge on any atom is -0.436 e. The van der Waals surface area contributed by atoms with Gasteiger partial charge in [-0.25, -0.2) is 9.59 Å². The summed E-state index contributed by atoms with van der Waals surface area (Å²) in [6.45, 7) is 3.54. The van der Waals surface area contributed by atoms with Gasteiger partial charge in [-0.2, -0.15) is 13.2 Å². The summed E-state index contributed by atoms with van der Waals surface area (Å²) in [4.78, 5) is 53.9. The van der Waals surface area contributed by atoms with Crippen molar-refractivity contribution in [2.24, 2.45) is 0 Å². The summed E-state index contributed by atoms with van der Waals surface area (Å²) in [7, 11) is 1.35. The van der Waals surface area contributed by atoms with Crippen LogP contribution < -0.4 is 11.0 Å². The molecule has 51 heavy (non-hydrogen) atoms. The average Bonchev–Trinajstić information content (AvgIpc) is 3.79. The quantitative estimate of drug-likeness (QED) is 0.238. The average molecular weight is 728 g/mol. The molecule has 15 heteroatoms. The first-order chi connectivity index (χ1) is 24.5. The number of alkyl halides is 3. The van der Waals surface area contributed by atoms with Crippen LogP contribution in [-0.4, -0.2) is 99.7 Å². The molecule has 0 bridgehead atoms. The number of benzene rings is 2. The number of amides is 2. The smallest absolute Gasteiger partial charge is 0.418 e. The first kappa shape index (κ1) is 35.1. The van der Waals surface area contributed by atoms with Crippen LogP contribution in [-0.2, 0) is 22.1 Å². The molecule has 3 aliphatic rings. The van der Waals surface area contributed by atoms with Gasteiger partial charge in [0.2, 0.25) is 0 Å². The Hall–Kier alpha value is -4.30. The Morgan fingerprint density at radius 3 is 2.35 bits per heavy atom. The van der Waals surface area contributed by atoms with Gasteiger partial charge in [-0.3, -0.25) is 14.3 Å². The van der Waals surface area contributed by atoms with E-state index in [2.05, 4.69) is 20.2 Å². The minimum absolute atomic E-state index is 0.128. The Kier molecular flexibility index (Phi) is 9.90. The van der Waals surface area contributed by atoms with Crippen molar-refractivity contribution in [3.05, 3.63) is 69.2 Å². The lowest BCUT2D eigenvalue weighted by molar-refractivity contribution is -0.142. The third-order valence-corrected chi connectivity index (χ3v) is 10.9. The van der Waals surface area contributed by atoms with Crippen LogP contribution >= 0.6 is 11.6 Å². The predicted octanol–water partition coefficient (Wildman–Crippen LogP) is 6.06. The van der Waals surface area contributed by atoms with Crippen LogP contribution in [0, 0.1) is 0 Å². The van der Waals surface area contributed by atoms with Gasteiger partial charge >= 0.3 is 18.0 Å². The molecule has 2 amide bonds. The highest BCUT2D eigenvalue weighted by molar-refractivity contribution is 6.33. The largest absolute Gasteiger partial charge is 0.436 e. The van der Waals surface area contributed by atoms with E-state index in [0.717, 1.165) is 55.7 Å². The number of nitrogens with zero attached hydrogens (tertiary/aromatic N) is 5. The van der Waals surface area contributed by atoms with Crippen molar-refractivity contribution in [1.82, 2.24) is 29.2 Å². The maximum absolute atomic E-state index is 14.0. The number of aromatic nitrogens is 3. The zero-order valence-electron chi connectivity index (χ0n) is 28.3. The second kappa shape index (κ2) is 14.4. The molecule has 2 aromatic heterocycles. The zero-order chi connectivity index (χ0) is 35.9. The van der Waals surface area contributed by atoms with Crippen molar-refractivity contribution >= 4 is 51.2 Å². The Morgan fingerprint density at radius 1 is 1.00 bits per heavy atom. The Bertz CT molecular complexity index is 1980. The lowest BCUT2D eigenvalue weighted by Crippen LogP contribution is -2.51. The summed E-state index contributed by atoms with van der Waals surface area (Å²) in [5.74, 6) is -0.439. The molecule has 4 aromatic rings. The monoisotopic (exact) mass is 727 g/mol. The molecule has 7 rings (SSSR count). The van der Waals surface area contributed by atoms with E-state index >= 15 is 0 Å².